The first kappa shape index (κ1) is 28.3. The number of fused-ring (bicyclic) bond motifs is 1. The summed E-state index contributed by atoms with van der Waals surface area (Å²) in [5, 5.41) is 28.3. The first-order valence-electron chi connectivity index (χ1n) is 12.9. The number of aliphatic hydroxyl groups excluding tert-OH is 2. The Labute approximate surface area is 205 Å². The monoisotopic (exact) mass is 474 g/mol. The number of aryl methyl sites for hydroxylation is 1. The van der Waals surface area contributed by atoms with Gasteiger partial charge < -0.3 is 21.3 Å². The van der Waals surface area contributed by atoms with E-state index in [2.05, 4.69) is 49.4 Å². The molecule has 34 heavy (non-hydrogen) atoms. The van der Waals surface area contributed by atoms with Gasteiger partial charge in [0.15, 0.2) is 0 Å². The normalized spacial score (nSPS) is 15.0. The van der Waals surface area contributed by atoms with E-state index < -0.39 is 17.6 Å². The standard InChI is InChI=1S/C27H46N4O3/c1-6-7-11-27(4,5)26(34)29-18-25(33)23(28)16-22(19(2)3)14-20-9-10-21-17-30-31(12-8-13-32)24(21)15-20/h9-10,15,17,19,22-23,25,32-33H,6-8,11-14,16,18,28H2,1-5H3,(H,29,34)/t22-,23-,25-/m0/s1. The molecule has 0 unspecified atom stereocenters. The third-order valence-corrected chi connectivity index (χ3v) is 6.99. The van der Waals surface area contributed by atoms with Crippen molar-refractivity contribution >= 4 is 16.8 Å². The summed E-state index contributed by atoms with van der Waals surface area (Å²) < 4.78 is 1.94. The highest BCUT2D eigenvalue weighted by molar-refractivity contribution is 5.81. The lowest BCUT2D eigenvalue weighted by Gasteiger charge is -2.29. The van der Waals surface area contributed by atoms with Crippen LogP contribution in [-0.4, -0.2) is 51.2 Å². The molecule has 0 saturated heterocycles. The topological polar surface area (TPSA) is 113 Å². The fourth-order valence-corrected chi connectivity index (χ4v) is 4.36. The van der Waals surface area contributed by atoms with Crippen molar-refractivity contribution in [1.29, 1.82) is 0 Å². The van der Waals surface area contributed by atoms with Crippen LogP contribution in [0.3, 0.4) is 0 Å². The van der Waals surface area contributed by atoms with Gasteiger partial charge in [-0.15, -0.1) is 0 Å². The molecule has 1 aromatic carbocycles. The highest BCUT2D eigenvalue weighted by Gasteiger charge is 2.28. The number of benzene rings is 1. The van der Waals surface area contributed by atoms with Crippen LogP contribution in [0.2, 0.25) is 0 Å². The number of nitrogens with zero attached hydrogens (tertiary/aromatic N) is 2. The van der Waals surface area contributed by atoms with E-state index in [0.717, 1.165) is 36.6 Å². The number of rotatable bonds is 15. The molecule has 192 valence electrons. The molecule has 0 aliphatic rings. The van der Waals surface area contributed by atoms with Crippen molar-refractivity contribution < 1.29 is 15.0 Å². The van der Waals surface area contributed by atoms with Gasteiger partial charge in [-0.3, -0.25) is 9.48 Å². The molecular weight excluding hydrogens is 428 g/mol. The van der Waals surface area contributed by atoms with Crippen LogP contribution in [0.1, 0.15) is 72.3 Å². The average Bonchev–Trinajstić information content (AvgIpc) is 3.21. The number of unbranched alkanes of at least 4 members (excludes halogenated alkanes) is 1. The van der Waals surface area contributed by atoms with Crippen molar-refractivity contribution in [2.75, 3.05) is 13.2 Å². The van der Waals surface area contributed by atoms with Gasteiger partial charge in [-0.25, -0.2) is 0 Å². The van der Waals surface area contributed by atoms with Gasteiger partial charge in [0.05, 0.1) is 17.8 Å². The number of hydrogen-bond donors (Lipinski definition) is 4. The van der Waals surface area contributed by atoms with Gasteiger partial charge in [0.25, 0.3) is 0 Å². The van der Waals surface area contributed by atoms with E-state index in [9.17, 15) is 9.90 Å². The van der Waals surface area contributed by atoms with Crippen molar-refractivity contribution in [3.8, 4) is 0 Å². The summed E-state index contributed by atoms with van der Waals surface area (Å²) in [7, 11) is 0. The first-order chi connectivity index (χ1) is 16.1. The molecule has 0 saturated carbocycles. The highest BCUT2D eigenvalue weighted by Crippen LogP contribution is 2.26. The van der Waals surface area contributed by atoms with Crippen molar-refractivity contribution in [2.45, 2.75) is 91.8 Å². The molecule has 0 bridgehead atoms. The molecule has 0 spiro atoms. The quantitative estimate of drug-likeness (QED) is 0.315. The Morgan fingerprint density at radius 3 is 2.65 bits per heavy atom. The summed E-state index contributed by atoms with van der Waals surface area (Å²) in [6.07, 6.45) is 6.18. The Morgan fingerprint density at radius 2 is 2.00 bits per heavy atom. The molecule has 0 fully saturated rings. The number of nitrogens with two attached hydrogens (primary N) is 1. The third kappa shape index (κ3) is 8.07. The molecule has 2 aromatic rings. The van der Waals surface area contributed by atoms with Crippen LogP contribution in [0.4, 0.5) is 0 Å². The predicted molar refractivity (Wildman–Crippen MR) is 138 cm³/mol. The van der Waals surface area contributed by atoms with Gasteiger partial charge in [-0.2, -0.15) is 5.10 Å². The van der Waals surface area contributed by atoms with E-state index in [-0.39, 0.29) is 19.1 Å². The van der Waals surface area contributed by atoms with Crippen LogP contribution in [0, 0.1) is 17.3 Å². The van der Waals surface area contributed by atoms with E-state index in [0.29, 0.717) is 31.2 Å². The molecule has 7 nitrogen and oxygen atoms in total. The molecule has 0 aliphatic heterocycles. The van der Waals surface area contributed by atoms with E-state index in [1.54, 1.807) is 0 Å². The first-order valence-corrected chi connectivity index (χ1v) is 12.9. The minimum absolute atomic E-state index is 0.0290. The Hall–Kier alpha value is -1.96. The summed E-state index contributed by atoms with van der Waals surface area (Å²) >= 11 is 0. The average molecular weight is 475 g/mol. The lowest BCUT2D eigenvalue weighted by atomic mass is 9.83. The molecule has 0 aliphatic carbocycles. The lowest BCUT2D eigenvalue weighted by molar-refractivity contribution is -0.130. The molecule has 1 heterocycles. The number of hydrogen-bond acceptors (Lipinski definition) is 5. The van der Waals surface area contributed by atoms with E-state index >= 15 is 0 Å². The van der Waals surface area contributed by atoms with Crippen LogP contribution in [-0.2, 0) is 17.8 Å². The number of nitrogens with one attached hydrogen (secondary N) is 1. The van der Waals surface area contributed by atoms with Gasteiger partial charge in [0, 0.05) is 36.5 Å². The van der Waals surface area contributed by atoms with E-state index in [1.165, 1.54) is 5.56 Å². The summed E-state index contributed by atoms with van der Waals surface area (Å²) in [6.45, 7) is 11.4. The molecule has 2 rings (SSSR count). The SMILES string of the molecule is CCCCC(C)(C)C(=O)NC[C@H](O)[C@@H](N)C[C@H](Cc1ccc2cnn(CCCO)c2c1)C(C)C. The van der Waals surface area contributed by atoms with Gasteiger partial charge in [0.2, 0.25) is 5.91 Å². The minimum Gasteiger partial charge on any atom is -0.396 e. The van der Waals surface area contributed by atoms with Crippen LogP contribution in [0.25, 0.3) is 10.9 Å². The number of carbonyl (C=O) groups excluding carboxylic acids is 1. The fourth-order valence-electron chi connectivity index (χ4n) is 4.36. The predicted octanol–water partition coefficient (Wildman–Crippen LogP) is 3.64. The molecule has 7 heteroatoms. The maximum atomic E-state index is 12.6. The fraction of sp³-hybridized carbons (Fsp3) is 0.704. The second-order valence-electron chi connectivity index (χ2n) is 10.7. The van der Waals surface area contributed by atoms with E-state index in [4.69, 9.17) is 10.8 Å². The molecule has 5 N–H and O–H groups in total. The Morgan fingerprint density at radius 1 is 1.26 bits per heavy atom. The second kappa shape index (κ2) is 13.2. The second-order valence-corrected chi connectivity index (χ2v) is 10.7. The maximum absolute atomic E-state index is 12.6. The summed E-state index contributed by atoms with van der Waals surface area (Å²) in [4.78, 5) is 12.6. The number of amides is 1. The Bertz CT molecular complexity index is 893. The van der Waals surface area contributed by atoms with Crippen molar-refractivity contribution in [1.82, 2.24) is 15.1 Å². The number of carbonyl (C=O) groups is 1. The Balaban J connectivity index is 1.98. The van der Waals surface area contributed by atoms with E-state index in [1.807, 2.05) is 24.7 Å². The van der Waals surface area contributed by atoms with Gasteiger partial charge in [0.1, 0.15) is 0 Å². The van der Waals surface area contributed by atoms with Gasteiger partial charge in [-0.1, -0.05) is 59.6 Å². The minimum atomic E-state index is -0.783. The summed E-state index contributed by atoms with van der Waals surface area (Å²) in [6, 6.07) is 5.99. The maximum Gasteiger partial charge on any atom is 0.225 e. The molecule has 0 radical (unpaired) electrons. The number of aromatic nitrogens is 2. The van der Waals surface area contributed by atoms with Crippen LogP contribution in [0.5, 0.6) is 0 Å². The highest BCUT2D eigenvalue weighted by atomic mass is 16.3. The zero-order chi connectivity index (χ0) is 25.3. The van der Waals surface area contributed by atoms with Gasteiger partial charge in [-0.05, 0) is 49.1 Å². The molecular formula is C27H46N4O3. The summed E-state index contributed by atoms with van der Waals surface area (Å²) in [5.74, 6) is 0.669. The van der Waals surface area contributed by atoms with Crippen molar-refractivity contribution in [3.63, 3.8) is 0 Å². The Kier molecular flexibility index (Phi) is 11.0. The molecule has 1 aromatic heterocycles. The smallest absolute Gasteiger partial charge is 0.225 e. The molecule has 3 atom stereocenters. The van der Waals surface area contributed by atoms with Crippen LogP contribution < -0.4 is 11.1 Å². The third-order valence-electron chi connectivity index (χ3n) is 6.99. The largest absolute Gasteiger partial charge is 0.396 e. The van der Waals surface area contributed by atoms with Crippen LogP contribution in [0.15, 0.2) is 24.4 Å². The van der Waals surface area contributed by atoms with Gasteiger partial charge >= 0.3 is 0 Å². The van der Waals surface area contributed by atoms with Crippen LogP contribution >= 0.6 is 0 Å². The zero-order valence-corrected chi connectivity index (χ0v) is 21.8. The lowest BCUT2D eigenvalue weighted by Crippen LogP contribution is -2.47. The van der Waals surface area contributed by atoms with Crippen molar-refractivity contribution in [3.05, 3.63) is 30.0 Å². The molecule has 1 amide bonds. The summed E-state index contributed by atoms with van der Waals surface area (Å²) in [5.41, 5.74) is 8.24. The number of aliphatic hydroxyl groups is 2. The zero-order valence-electron chi connectivity index (χ0n) is 21.8. The van der Waals surface area contributed by atoms with Crippen molar-refractivity contribution in [2.24, 2.45) is 23.0 Å².